The molecule has 0 unspecified atom stereocenters. The maximum Gasteiger partial charge on any atom is 0.239 e. The van der Waals surface area contributed by atoms with Crippen molar-refractivity contribution in [2.75, 3.05) is 14.2 Å². The molecule has 1 heterocycles. The summed E-state index contributed by atoms with van der Waals surface area (Å²) in [5, 5.41) is 2.44. The zero-order chi connectivity index (χ0) is 13.1. The summed E-state index contributed by atoms with van der Waals surface area (Å²) in [7, 11) is 3.22. The topological polar surface area (TPSA) is 47.6 Å². The lowest BCUT2D eigenvalue weighted by atomic mass is 10.1. The Labute approximate surface area is 115 Å². The number of methoxy groups -OCH3 is 2. The Hall–Kier alpha value is -1.27. The van der Waals surface area contributed by atoms with Crippen molar-refractivity contribution in [2.45, 2.75) is 11.7 Å². The number of rotatable bonds is 4. The van der Waals surface area contributed by atoms with Crippen molar-refractivity contribution in [3.8, 4) is 11.5 Å². The number of ether oxygens (including phenoxy) is 2. The largest absolute Gasteiger partial charge is 0.497 e. The van der Waals surface area contributed by atoms with Crippen LogP contribution in [0.3, 0.4) is 0 Å². The van der Waals surface area contributed by atoms with E-state index in [-0.39, 0.29) is 11.2 Å². The molecule has 0 radical (unpaired) electrons. The Morgan fingerprint density at radius 2 is 2.17 bits per heavy atom. The molecule has 1 aromatic rings. The van der Waals surface area contributed by atoms with Crippen LogP contribution in [0.25, 0.3) is 0 Å². The van der Waals surface area contributed by atoms with Gasteiger partial charge in [-0.25, -0.2) is 0 Å². The number of carbonyl (C=O) groups excluding carboxylic acids is 1. The van der Waals surface area contributed by atoms with Gasteiger partial charge in [-0.05, 0) is 30.2 Å². The van der Waals surface area contributed by atoms with E-state index in [4.69, 9.17) is 21.7 Å². The average molecular weight is 283 g/mol. The van der Waals surface area contributed by atoms with Gasteiger partial charge < -0.3 is 14.8 Å². The van der Waals surface area contributed by atoms with Crippen LogP contribution in [-0.2, 0) is 11.2 Å². The molecule has 1 aliphatic heterocycles. The highest BCUT2D eigenvalue weighted by Crippen LogP contribution is 2.30. The van der Waals surface area contributed by atoms with Crippen LogP contribution in [0.2, 0.25) is 0 Å². The molecule has 0 saturated carbocycles. The molecule has 0 aliphatic carbocycles. The Morgan fingerprint density at radius 3 is 2.72 bits per heavy atom. The first-order valence-electron chi connectivity index (χ1n) is 5.36. The summed E-state index contributed by atoms with van der Waals surface area (Å²) in [6.45, 7) is 0. The van der Waals surface area contributed by atoms with Crippen LogP contribution in [0.15, 0.2) is 18.2 Å². The Morgan fingerprint density at radius 1 is 1.39 bits per heavy atom. The second-order valence-electron chi connectivity index (χ2n) is 3.77. The number of hydrogen-bond donors (Lipinski definition) is 1. The zero-order valence-corrected chi connectivity index (χ0v) is 11.7. The summed E-state index contributed by atoms with van der Waals surface area (Å²) in [4.78, 5) is 11.7. The number of hydrogen-bond acceptors (Lipinski definition) is 5. The van der Waals surface area contributed by atoms with Crippen molar-refractivity contribution in [3.05, 3.63) is 23.8 Å². The number of thiocarbonyl (C=S) groups is 1. The van der Waals surface area contributed by atoms with Crippen molar-refractivity contribution >= 4 is 34.2 Å². The smallest absolute Gasteiger partial charge is 0.239 e. The van der Waals surface area contributed by atoms with E-state index >= 15 is 0 Å². The van der Waals surface area contributed by atoms with Gasteiger partial charge in [-0.3, -0.25) is 4.79 Å². The van der Waals surface area contributed by atoms with E-state index in [9.17, 15) is 4.79 Å². The van der Waals surface area contributed by atoms with Gasteiger partial charge in [0.1, 0.15) is 15.8 Å². The third kappa shape index (κ3) is 2.76. The molecule has 2 rings (SSSR count). The third-order valence-electron chi connectivity index (χ3n) is 2.66. The van der Waals surface area contributed by atoms with Crippen molar-refractivity contribution in [1.82, 2.24) is 5.32 Å². The maximum absolute atomic E-state index is 11.7. The van der Waals surface area contributed by atoms with E-state index < -0.39 is 0 Å². The summed E-state index contributed by atoms with van der Waals surface area (Å²) >= 11 is 6.35. The van der Waals surface area contributed by atoms with Crippen LogP contribution >= 0.6 is 24.0 Å². The molecule has 1 aliphatic rings. The van der Waals surface area contributed by atoms with Gasteiger partial charge in [0.15, 0.2) is 0 Å². The fourth-order valence-corrected chi connectivity index (χ4v) is 3.06. The molecular formula is C12H13NO3S2. The molecule has 18 heavy (non-hydrogen) atoms. The molecule has 0 spiro atoms. The van der Waals surface area contributed by atoms with E-state index in [2.05, 4.69) is 5.32 Å². The highest BCUT2D eigenvalue weighted by Gasteiger charge is 2.29. The molecule has 4 nitrogen and oxygen atoms in total. The highest BCUT2D eigenvalue weighted by molar-refractivity contribution is 8.24. The van der Waals surface area contributed by atoms with Crippen molar-refractivity contribution in [3.63, 3.8) is 0 Å². The SMILES string of the molecule is COc1ccc(OC)c(C[C@H]2SC(=S)NC2=O)c1. The van der Waals surface area contributed by atoms with E-state index in [1.807, 2.05) is 18.2 Å². The normalized spacial score (nSPS) is 18.7. The fraction of sp³-hybridized carbons (Fsp3) is 0.333. The molecule has 96 valence electrons. The predicted octanol–water partition coefficient (Wildman–Crippen LogP) is 1.76. The van der Waals surface area contributed by atoms with E-state index in [0.717, 1.165) is 17.1 Å². The lowest BCUT2D eigenvalue weighted by Crippen LogP contribution is -2.25. The second kappa shape index (κ2) is 5.58. The number of benzene rings is 1. The molecule has 0 bridgehead atoms. The summed E-state index contributed by atoms with van der Waals surface area (Å²) in [5.41, 5.74) is 0.939. The van der Waals surface area contributed by atoms with Gasteiger partial charge in [0.05, 0.1) is 19.5 Å². The Bertz CT molecular complexity index is 490. The first-order chi connectivity index (χ1) is 8.63. The van der Waals surface area contributed by atoms with Crippen LogP contribution in [0, 0.1) is 0 Å². The van der Waals surface area contributed by atoms with Crippen LogP contribution in [0.1, 0.15) is 5.56 Å². The molecule has 1 amide bonds. The van der Waals surface area contributed by atoms with Crippen LogP contribution in [-0.4, -0.2) is 29.7 Å². The number of carbonyl (C=O) groups is 1. The first-order valence-corrected chi connectivity index (χ1v) is 6.65. The molecule has 1 N–H and O–H groups in total. The monoisotopic (exact) mass is 283 g/mol. The number of amides is 1. The van der Waals surface area contributed by atoms with Gasteiger partial charge in [0.2, 0.25) is 5.91 Å². The minimum absolute atomic E-state index is 0.0464. The summed E-state index contributed by atoms with van der Waals surface area (Å²) in [6, 6.07) is 5.55. The molecule has 1 atom stereocenters. The number of thioether (sulfide) groups is 1. The molecule has 6 heteroatoms. The minimum Gasteiger partial charge on any atom is -0.497 e. The van der Waals surface area contributed by atoms with E-state index in [1.165, 1.54) is 11.8 Å². The van der Waals surface area contributed by atoms with Crippen molar-refractivity contribution in [1.29, 1.82) is 0 Å². The lowest BCUT2D eigenvalue weighted by molar-refractivity contribution is -0.118. The van der Waals surface area contributed by atoms with Crippen LogP contribution in [0.5, 0.6) is 11.5 Å². The first kappa shape index (κ1) is 13.2. The molecule has 1 aromatic carbocycles. The summed E-state index contributed by atoms with van der Waals surface area (Å²) in [5.74, 6) is 1.45. The summed E-state index contributed by atoms with van der Waals surface area (Å²) in [6.07, 6.45) is 0.566. The van der Waals surface area contributed by atoms with Crippen LogP contribution in [0.4, 0.5) is 0 Å². The standard InChI is InChI=1S/C12H13NO3S2/c1-15-8-3-4-9(16-2)7(5-8)6-10-11(14)13-12(17)18-10/h3-5,10H,6H2,1-2H3,(H,13,14,17)/t10-/m1/s1. The van der Waals surface area contributed by atoms with Crippen molar-refractivity contribution < 1.29 is 14.3 Å². The predicted molar refractivity (Wildman–Crippen MR) is 75.4 cm³/mol. The van der Waals surface area contributed by atoms with Crippen LogP contribution < -0.4 is 14.8 Å². The van der Waals surface area contributed by atoms with Gasteiger partial charge in [0.25, 0.3) is 0 Å². The fourth-order valence-electron chi connectivity index (χ4n) is 1.77. The summed E-state index contributed by atoms with van der Waals surface area (Å²) < 4.78 is 11.0. The van der Waals surface area contributed by atoms with Crippen molar-refractivity contribution in [2.24, 2.45) is 0 Å². The lowest BCUT2D eigenvalue weighted by Gasteiger charge is -2.12. The Kier molecular flexibility index (Phi) is 4.08. The number of nitrogens with one attached hydrogen (secondary N) is 1. The molecular weight excluding hydrogens is 270 g/mol. The minimum atomic E-state index is -0.196. The van der Waals surface area contributed by atoms with Gasteiger partial charge >= 0.3 is 0 Å². The van der Waals surface area contributed by atoms with Gasteiger partial charge in [-0.15, -0.1) is 0 Å². The third-order valence-corrected chi connectivity index (χ3v) is 4.03. The van der Waals surface area contributed by atoms with E-state index in [1.54, 1.807) is 14.2 Å². The Balaban J connectivity index is 2.21. The molecule has 0 aromatic heterocycles. The zero-order valence-electron chi connectivity index (χ0n) is 10.1. The second-order valence-corrected chi connectivity index (χ2v) is 5.64. The molecule has 1 saturated heterocycles. The average Bonchev–Trinajstić information content (AvgIpc) is 2.67. The van der Waals surface area contributed by atoms with Gasteiger partial charge in [-0.2, -0.15) is 0 Å². The highest BCUT2D eigenvalue weighted by atomic mass is 32.2. The van der Waals surface area contributed by atoms with E-state index in [0.29, 0.717) is 10.7 Å². The maximum atomic E-state index is 11.7. The van der Waals surface area contributed by atoms with Gasteiger partial charge in [0, 0.05) is 0 Å². The quantitative estimate of drug-likeness (QED) is 0.853. The molecule has 1 fully saturated rings. The van der Waals surface area contributed by atoms with Gasteiger partial charge in [-0.1, -0.05) is 24.0 Å².